The van der Waals surface area contributed by atoms with Crippen molar-refractivity contribution < 1.29 is 9.53 Å². The zero-order valence-corrected chi connectivity index (χ0v) is 18.1. The number of nitrogens with one attached hydrogen (secondary N) is 1. The Labute approximate surface area is 181 Å². The molecule has 0 saturated carbocycles. The first-order valence-corrected chi connectivity index (χ1v) is 10.4. The summed E-state index contributed by atoms with van der Waals surface area (Å²) < 4.78 is 7.18. The third-order valence-electron chi connectivity index (χ3n) is 5.39. The van der Waals surface area contributed by atoms with Gasteiger partial charge >= 0.3 is 0 Å². The van der Waals surface area contributed by atoms with Crippen molar-refractivity contribution in [2.24, 2.45) is 0 Å². The van der Waals surface area contributed by atoms with Gasteiger partial charge in [0.25, 0.3) is 5.91 Å². The van der Waals surface area contributed by atoms with Gasteiger partial charge in [0.05, 0.1) is 35.3 Å². The molecule has 2 aromatic heterocycles. The first kappa shape index (κ1) is 20.6. The van der Waals surface area contributed by atoms with Gasteiger partial charge < -0.3 is 10.1 Å². The van der Waals surface area contributed by atoms with Gasteiger partial charge in [-0.2, -0.15) is 5.10 Å². The number of carbonyl (C=O) groups excluding carboxylic acids is 1. The fraction of sp³-hybridized carbons (Fsp3) is 0.240. The highest BCUT2D eigenvalue weighted by atomic mass is 16.5. The van der Waals surface area contributed by atoms with Crippen LogP contribution in [0.25, 0.3) is 16.6 Å². The molecule has 6 nitrogen and oxygen atoms in total. The van der Waals surface area contributed by atoms with E-state index in [1.54, 1.807) is 7.11 Å². The zero-order valence-electron chi connectivity index (χ0n) is 18.1. The molecule has 6 heteroatoms. The second kappa shape index (κ2) is 9.00. The van der Waals surface area contributed by atoms with Crippen LogP contribution < -0.4 is 10.1 Å². The number of hydrogen-bond acceptors (Lipinski definition) is 4. The molecule has 0 aliphatic rings. The number of pyridine rings is 1. The van der Waals surface area contributed by atoms with E-state index in [9.17, 15) is 4.79 Å². The van der Waals surface area contributed by atoms with Crippen molar-refractivity contribution in [3.63, 3.8) is 0 Å². The lowest BCUT2D eigenvalue weighted by molar-refractivity contribution is 0.0952. The van der Waals surface area contributed by atoms with Crippen LogP contribution in [0.2, 0.25) is 0 Å². The van der Waals surface area contributed by atoms with E-state index in [1.165, 1.54) is 5.56 Å². The van der Waals surface area contributed by atoms with Crippen LogP contribution >= 0.6 is 0 Å². The van der Waals surface area contributed by atoms with Gasteiger partial charge in [0.15, 0.2) is 0 Å². The molecular weight excluding hydrogens is 388 g/mol. The standard InChI is InChI=1S/C25H26N4O2/c1-17-19(16-29(28-17)21-9-5-4-6-10-21)8-7-13-26-25(30)23-15-20-14-22(31-3)11-12-24(20)27-18(23)2/h4-6,9-12,14-16H,7-8,13H2,1-3H3,(H,26,30). The van der Waals surface area contributed by atoms with Crippen LogP contribution in [0, 0.1) is 13.8 Å². The first-order chi connectivity index (χ1) is 15.0. The number of para-hydroxylation sites is 1. The van der Waals surface area contributed by atoms with Gasteiger partial charge in [0, 0.05) is 18.1 Å². The van der Waals surface area contributed by atoms with Gasteiger partial charge in [-0.05, 0) is 68.7 Å². The molecule has 2 heterocycles. The van der Waals surface area contributed by atoms with Crippen LogP contribution in [0.4, 0.5) is 0 Å². The van der Waals surface area contributed by atoms with Crippen molar-refractivity contribution >= 4 is 16.8 Å². The first-order valence-electron chi connectivity index (χ1n) is 10.4. The molecule has 0 fully saturated rings. The summed E-state index contributed by atoms with van der Waals surface area (Å²) in [4.78, 5) is 17.3. The monoisotopic (exact) mass is 414 g/mol. The summed E-state index contributed by atoms with van der Waals surface area (Å²) in [6.45, 7) is 4.47. The smallest absolute Gasteiger partial charge is 0.253 e. The van der Waals surface area contributed by atoms with Gasteiger partial charge in [-0.1, -0.05) is 18.2 Å². The third-order valence-corrected chi connectivity index (χ3v) is 5.39. The van der Waals surface area contributed by atoms with Gasteiger partial charge in [0.2, 0.25) is 0 Å². The molecule has 4 rings (SSSR count). The van der Waals surface area contributed by atoms with Crippen molar-refractivity contribution in [1.82, 2.24) is 20.1 Å². The molecule has 0 aliphatic carbocycles. The minimum absolute atomic E-state index is 0.105. The molecule has 0 saturated heterocycles. The van der Waals surface area contributed by atoms with Gasteiger partial charge in [-0.25, -0.2) is 4.68 Å². The zero-order chi connectivity index (χ0) is 21.8. The van der Waals surface area contributed by atoms with E-state index >= 15 is 0 Å². The van der Waals surface area contributed by atoms with Crippen molar-refractivity contribution in [2.75, 3.05) is 13.7 Å². The number of rotatable bonds is 7. The summed E-state index contributed by atoms with van der Waals surface area (Å²) in [5, 5.41) is 8.52. The minimum Gasteiger partial charge on any atom is -0.497 e. The molecule has 0 unspecified atom stereocenters. The Morgan fingerprint density at radius 3 is 2.65 bits per heavy atom. The lowest BCUT2D eigenvalue weighted by Gasteiger charge is -2.09. The van der Waals surface area contributed by atoms with E-state index in [1.807, 2.05) is 73.1 Å². The number of hydrogen-bond donors (Lipinski definition) is 1. The van der Waals surface area contributed by atoms with E-state index in [0.717, 1.165) is 46.6 Å². The van der Waals surface area contributed by atoms with Crippen molar-refractivity contribution in [3.05, 3.63) is 83.3 Å². The molecule has 0 radical (unpaired) electrons. The average molecular weight is 415 g/mol. The molecular formula is C25H26N4O2. The molecule has 0 atom stereocenters. The molecule has 31 heavy (non-hydrogen) atoms. The Hall–Kier alpha value is -3.67. The Morgan fingerprint density at radius 2 is 1.87 bits per heavy atom. The van der Waals surface area contributed by atoms with E-state index in [2.05, 4.69) is 21.6 Å². The normalized spacial score (nSPS) is 10.9. The largest absolute Gasteiger partial charge is 0.497 e. The molecule has 1 amide bonds. The molecule has 2 aromatic carbocycles. The van der Waals surface area contributed by atoms with Crippen LogP contribution in [0.3, 0.4) is 0 Å². The molecule has 0 bridgehead atoms. The third kappa shape index (κ3) is 4.58. The lowest BCUT2D eigenvalue weighted by Crippen LogP contribution is -2.25. The minimum atomic E-state index is -0.105. The summed E-state index contributed by atoms with van der Waals surface area (Å²) >= 11 is 0. The Morgan fingerprint density at radius 1 is 1.06 bits per heavy atom. The van der Waals surface area contributed by atoms with Gasteiger partial charge in [0.1, 0.15) is 5.75 Å². The van der Waals surface area contributed by atoms with E-state index in [4.69, 9.17) is 4.74 Å². The van der Waals surface area contributed by atoms with Gasteiger partial charge in [-0.3, -0.25) is 9.78 Å². The molecule has 4 aromatic rings. The number of amides is 1. The number of benzene rings is 2. The molecule has 0 aliphatic heterocycles. The second-order valence-corrected chi connectivity index (χ2v) is 7.56. The van der Waals surface area contributed by atoms with Crippen LogP contribution in [0.5, 0.6) is 5.75 Å². The summed E-state index contributed by atoms with van der Waals surface area (Å²) in [6, 6.07) is 17.6. The SMILES string of the molecule is COc1ccc2nc(C)c(C(=O)NCCCc3cn(-c4ccccc4)nc3C)cc2c1. The lowest BCUT2D eigenvalue weighted by atomic mass is 10.1. The van der Waals surface area contributed by atoms with Crippen LogP contribution in [0.1, 0.15) is 33.7 Å². The molecule has 1 N–H and O–H groups in total. The van der Waals surface area contributed by atoms with Crippen molar-refractivity contribution in [2.45, 2.75) is 26.7 Å². The fourth-order valence-corrected chi connectivity index (χ4v) is 3.64. The number of carbonyl (C=O) groups is 1. The quantitative estimate of drug-likeness (QED) is 0.455. The second-order valence-electron chi connectivity index (χ2n) is 7.56. The number of nitrogens with zero attached hydrogens (tertiary/aromatic N) is 3. The summed E-state index contributed by atoms with van der Waals surface area (Å²) in [5.74, 6) is 0.641. The maximum Gasteiger partial charge on any atom is 0.253 e. The molecule has 158 valence electrons. The summed E-state index contributed by atoms with van der Waals surface area (Å²) in [5.41, 5.74) is 5.40. The Bertz CT molecular complexity index is 1220. The number of aromatic nitrogens is 3. The van der Waals surface area contributed by atoms with Crippen LogP contribution in [0.15, 0.2) is 60.8 Å². The number of aryl methyl sites for hydroxylation is 3. The van der Waals surface area contributed by atoms with Crippen LogP contribution in [-0.2, 0) is 6.42 Å². The van der Waals surface area contributed by atoms with E-state index in [-0.39, 0.29) is 5.91 Å². The fourth-order valence-electron chi connectivity index (χ4n) is 3.64. The van der Waals surface area contributed by atoms with Crippen molar-refractivity contribution in [3.8, 4) is 11.4 Å². The Balaban J connectivity index is 1.37. The summed E-state index contributed by atoms with van der Waals surface area (Å²) in [7, 11) is 1.63. The predicted molar refractivity (Wildman–Crippen MR) is 122 cm³/mol. The Kier molecular flexibility index (Phi) is 5.98. The van der Waals surface area contributed by atoms with Crippen LogP contribution in [-0.4, -0.2) is 34.3 Å². The number of methoxy groups -OCH3 is 1. The predicted octanol–water partition coefficient (Wildman–Crippen LogP) is 4.41. The van der Waals surface area contributed by atoms with Crippen molar-refractivity contribution in [1.29, 1.82) is 0 Å². The van der Waals surface area contributed by atoms with E-state index in [0.29, 0.717) is 12.1 Å². The highest BCUT2D eigenvalue weighted by Crippen LogP contribution is 2.22. The summed E-state index contributed by atoms with van der Waals surface area (Å²) in [6.07, 6.45) is 3.75. The number of fused-ring (bicyclic) bond motifs is 1. The average Bonchev–Trinajstić information content (AvgIpc) is 3.16. The van der Waals surface area contributed by atoms with E-state index < -0.39 is 0 Å². The number of ether oxygens (including phenoxy) is 1. The van der Waals surface area contributed by atoms with Gasteiger partial charge in [-0.15, -0.1) is 0 Å². The topological polar surface area (TPSA) is 69.0 Å². The highest BCUT2D eigenvalue weighted by molar-refractivity contribution is 5.98. The molecule has 0 spiro atoms. The highest BCUT2D eigenvalue weighted by Gasteiger charge is 2.12. The maximum atomic E-state index is 12.7. The maximum absolute atomic E-state index is 12.7.